The summed E-state index contributed by atoms with van der Waals surface area (Å²) in [6.45, 7) is 7.93. The van der Waals surface area contributed by atoms with Gasteiger partial charge in [-0.25, -0.2) is 0 Å². The standard InChI is InChI=1S/C15H25N3OS2/c1-4-11-5-6-16-12(7-11)15-17-14(18-19-15)13-8-20-9(2)10(3)21-13/h9-13,16H,4-8H2,1-3H3. The Kier molecular flexibility index (Phi) is 5.17. The molecule has 3 heterocycles. The summed E-state index contributed by atoms with van der Waals surface area (Å²) in [4.78, 5) is 4.71. The van der Waals surface area contributed by atoms with Gasteiger partial charge in [-0.15, -0.1) is 11.8 Å². The molecule has 0 radical (unpaired) electrons. The van der Waals surface area contributed by atoms with E-state index in [2.05, 4.69) is 31.2 Å². The topological polar surface area (TPSA) is 51.0 Å². The second kappa shape index (κ2) is 6.92. The average molecular weight is 328 g/mol. The number of hydrogen-bond donors (Lipinski definition) is 1. The molecule has 0 aromatic carbocycles. The van der Waals surface area contributed by atoms with Gasteiger partial charge in [-0.2, -0.15) is 16.7 Å². The van der Waals surface area contributed by atoms with Crippen LogP contribution in [-0.2, 0) is 0 Å². The molecule has 6 heteroatoms. The van der Waals surface area contributed by atoms with Crippen LogP contribution in [0.4, 0.5) is 0 Å². The van der Waals surface area contributed by atoms with Crippen LogP contribution < -0.4 is 5.32 Å². The van der Waals surface area contributed by atoms with Crippen molar-refractivity contribution in [2.75, 3.05) is 12.3 Å². The second-order valence-electron chi connectivity index (χ2n) is 6.16. The zero-order valence-corrected chi connectivity index (χ0v) is 14.7. The molecule has 2 fully saturated rings. The molecule has 1 aromatic rings. The maximum Gasteiger partial charge on any atom is 0.243 e. The van der Waals surface area contributed by atoms with E-state index in [1.165, 1.54) is 12.8 Å². The zero-order valence-electron chi connectivity index (χ0n) is 13.0. The first-order chi connectivity index (χ1) is 10.2. The third-order valence-corrected chi connectivity index (χ3v) is 8.07. The van der Waals surface area contributed by atoms with Crippen LogP contribution in [0, 0.1) is 5.92 Å². The maximum absolute atomic E-state index is 5.57. The molecule has 5 atom stereocenters. The minimum atomic E-state index is 0.252. The first-order valence-electron chi connectivity index (χ1n) is 8.01. The predicted octanol–water partition coefficient (Wildman–Crippen LogP) is 3.82. The van der Waals surface area contributed by atoms with E-state index in [1.54, 1.807) is 0 Å². The highest BCUT2D eigenvalue weighted by atomic mass is 32.2. The fraction of sp³-hybridized carbons (Fsp3) is 0.867. The summed E-state index contributed by atoms with van der Waals surface area (Å²) in [6, 6.07) is 0.252. The number of rotatable bonds is 3. The third kappa shape index (κ3) is 3.59. The molecule has 2 aliphatic rings. The quantitative estimate of drug-likeness (QED) is 0.911. The van der Waals surface area contributed by atoms with Crippen LogP contribution in [0.3, 0.4) is 0 Å². The van der Waals surface area contributed by atoms with E-state index in [4.69, 9.17) is 9.51 Å². The lowest BCUT2D eigenvalue weighted by molar-refractivity contribution is 0.245. The normalized spacial score (nSPS) is 37.6. The summed E-state index contributed by atoms with van der Waals surface area (Å²) < 4.78 is 5.57. The Labute approximate surface area is 135 Å². The lowest BCUT2D eigenvalue weighted by Gasteiger charge is -2.29. The van der Waals surface area contributed by atoms with Gasteiger partial charge in [-0.3, -0.25) is 0 Å². The zero-order chi connectivity index (χ0) is 14.8. The van der Waals surface area contributed by atoms with Crippen LogP contribution >= 0.6 is 23.5 Å². The first kappa shape index (κ1) is 15.7. The lowest BCUT2D eigenvalue weighted by atomic mass is 9.90. The number of hydrogen-bond acceptors (Lipinski definition) is 6. The van der Waals surface area contributed by atoms with Gasteiger partial charge in [0.1, 0.15) is 0 Å². The largest absolute Gasteiger partial charge is 0.338 e. The molecule has 118 valence electrons. The lowest BCUT2D eigenvalue weighted by Crippen LogP contribution is -2.31. The van der Waals surface area contributed by atoms with Crippen molar-refractivity contribution in [3.63, 3.8) is 0 Å². The van der Waals surface area contributed by atoms with Crippen LogP contribution in [0.5, 0.6) is 0 Å². The van der Waals surface area contributed by atoms with E-state index in [0.717, 1.165) is 36.4 Å². The molecule has 21 heavy (non-hydrogen) atoms. The SMILES string of the molecule is CCC1CCNC(c2nc(C3CSC(C)C(C)S3)no2)C1. The Hall–Kier alpha value is -0.200. The molecule has 2 saturated heterocycles. The van der Waals surface area contributed by atoms with E-state index >= 15 is 0 Å². The summed E-state index contributed by atoms with van der Waals surface area (Å²) in [5.74, 6) is 3.55. The van der Waals surface area contributed by atoms with Gasteiger partial charge in [-0.1, -0.05) is 32.3 Å². The van der Waals surface area contributed by atoms with Crippen molar-refractivity contribution in [1.82, 2.24) is 15.5 Å². The monoisotopic (exact) mass is 327 g/mol. The number of thioether (sulfide) groups is 2. The van der Waals surface area contributed by atoms with Crippen molar-refractivity contribution in [2.45, 2.75) is 61.8 Å². The molecule has 0 saturated carbocycles. The van der Waals surface area contributed by atoms with Crippen molar-refractivity contribution >= 4 is 23.5 Å². The Balaban J connectivity index is 1.66. The van der Waals surface area contributed by atoms with Gasteiger partial charge in [0.15, 0.2) is 5.82 Å². The summed E-state index contributed by atoms with van der Waals surface area (Å²) in [5.41, 5.74) is 0. The van der Waals surface area contributed by atoms with Gasteiger partial charge in [0, 0.05) is 16.3 Å². The van der Waals surface area contributed by atoms with Crippen LogP contribution in [0.1, 0.15) is 63.0 Å². The molecule has 5 unspecified atom stereocenters. The van der Waals surface area contributed by atoms with Gasteiger partial charge >= 0.3 is 0 Å². The van der Waals surface area contributed by atoms with E-state index in [1.807, 2.05) is 23.5 Å². The predicted molar refractivity (Wildman–Crippen MR) is 89.8 cm³/mol. The van der Waals surface area contributed by atoms with Crippen LogP contribution in [-0.4, -0.2) is 32.9 Å². The Morgan fingerprint density at radius 1 is 1.33 bits per heavy atom. The van der Waals surface area contributed by atoms with E-state index in [9.17, 15) is 0 Å². The minimum absolute atomic E-state index is 0.252. The van der Waals surface area contributed by atoms with Gasteiger partial charge in [0.2, 0.25) is 5.89 Å². The van der Waals surface area contributed by atoms with Crippen LogP contribution in [0.2, 0.25) is 0 Å². The number of aromatic nitrogens is 2. The number of nitrogens with one attached hydrogen (secondary N) is 1. The molecule has 4 nitrogen and oxygen atoms in total. The number of piperidine rings is 1. The van der Waals surface area contributed by atoms with Crippen LogP contribution in [0.15, 0.2) is 4.52 Å². The highest BCUT2D eigenvalue weighted by Gasteiger charge is 2.32. The third-order valence-electron chi connectivity index (χ3n) is 4.68. The van der Waals surface area contributed by atoms with Crippen molar-refractivity contribution in [1.29, 1.82) is 0 Å². The van der Waals surface area contributed by atoms with E-state index < -0.39 is 0 Å². The Morgan fingerprint density at radius 3 is 2.95 bits per heavy atom. The first-order valence-corrected chi connectivity index (χ1v) is 10.0. The van der Waals surface area contributed by atoms with Crippen molar-refractivity contribution in [3.05, 3.63) is 11.7 Å². The molecule has 3 rings (SSSR count). The Morgan fingerprint density at radius 2 is 2.19 bits per heavy atom. The smallest absolute Gasteiger partial charge is 0.243 e. The molecule has 0 bridgehead atoms. The molecule has 0 spiro atoms. The van der Waals surface area contributed by atoms with Gasteiger partial charge < -0.3 is 9.84 Å². The average Bonchev–Trinajstić information content (AvgIpc) is 3.00. The number of nitrogens with zero attached hydrogens (tertiary/aromatic N) is 2. The van der Waals surface area contributed by atoms with Crippen molar-refractivity contribution < 1.29 is 4.52 Å². The van der Waals surface area contributed by atoms with Gasteiger partial charge in [0.05, 0.1) is 11.3 Å². The summed E-state index contributed by atoms with van der Waals surface area (Å²) in [6.07, 6.45) is 3.63. The van der Waals surface area contributed by atoms with Crippen molar-refractivity contribution in [3.8, 4) is 0 Å². The molecule has 1 aromatic heterocycles. The highest BCUT2D eigenvalue weighted by Crippen LogP contribution is 2.43. The second-order valence-corrected chi connectivity index (χ2v) is 9.16. The minimum Gasteiger partial charge on any atom is -0.338 e. The van der Waals surface area contributed by atoms with Crippen molar-refractivity contribution in [2.24, 2.45) is 5.92 Å². The fourth-order valence-electron chi connectivity index (χ4n) is 2.99. The van der Waals surface area contributed by atoms with Gasteiger partial charge in [-0.05, 0) is 25.3 Å². The van der Waals surface area contributed by atoms with Crippen LogP contribution in [0.25, 0.3) is 0 Å². The summed E-state index contributed by atoms with van der Waals surface area (Å²) in [7, 11) is 0. The summed E-state index contributed by atoms with van der Waals surface area (Å²) in [5, 5.41) is 9.52. The van der Waals surface area contributed by atoms with E-state index in [0.29, 0.717) is 15.7 Å². The fourth-order valence-corrected chi connectivity index (χ4v) is 5.83. The summed E-state index contributed by atoms with van der Waals surface area (Å²) >= 11 is 4.01. The Bertz CT molecular complexity index is 447. The maximum atomic E-state index is 5.57. The molecule has 1 N–H and O–H groups in total. The van der Waals surface area contributed by atoms with E-state index in [-0.39, 0.29) is 6.04 Å². The molecule has 0 amide bonds. The molecular formula is C15H25N3OS2. The molecule has 0 aliphatic carbocycles. The molecule has 2 aliphatic heterocycles. The molecular weight excluding hydrogens is 302 g/mol. The van der Waals surface area contributed by atoms with Gasteiger partial charge in [0.25, 0.3) is 0 Å². The highest BCUT2D eigenvalue weighted by molar-refractivity contribution is 8.07.